The molecule has 30 heavy (non-hydrogen) atoms. The second-order valence-corrected chi connectivity index (χ2v) is 7.84. The molecule has 152 valence electrons. The van der Waals surface area contributed by atoms with E-state index in [9.17, 15) is 9.59 Å². The second kappa shape index (κ2) is 6.85. The van der Waals surface area contributed by atoms with Crippen LogP contribution in [-0.2, 0) is 25.4 Å². The minimum absolute atomic E-state index is 0.281. The first-order valence-corrected chi connectivity index (χ1v) is 10.0. The van der Waals surface area contributed by atoms with Gasteiger partial charge in [-0.25, -0.2) is 4.79 Å². The van der Waals surface area contributed by atoms with Gasteiger partial charge in [-0.15, -0.1) is 0 Å². The smallest absolute Gasteiger partial charge is 0.331 e. The Labute approximate surface area is 173 Å². The number of benzene rings is 2. The van der Waals surface area contributed by atoms with Crippen LogP contribution in [0.2, 0.25) is 0 Å². The van der Waals surface area contributed by atoms with E-state index >= 15 is 0 Å². The SMILES string of the molecule is Cc1ccc([C@H]2OCCn3c(-c4ccccc4)c4c(=O)n(C)c(=O)n(C)c4c32)cc1. The number of rotatable bonds is 2. The molecule has 1 aliphatic heterocycles. The van der Waals surface area contributed by atoms with Crippen molar-refractivity contribution in [1.29, 1.82) is 0 Å². The van der Waals surface area contributed by atoms with Crippen LogP contribution in [0.1, 0.15) is 22.9 Å². The number of aromatic nitrogens is 3. The zero-order valence-electron chi connectivity index (χ0n) is 17.3. The molecule has 2 aromatic carbocycles. The first kappa shape index (κ1) is 18.6. The molecule has 1 atom stereocenters. The van der Waals surface area contributed by atoms with Crippen LogP contribution in [0, 0.1) is 6.92 Å². The number of hydrogen-bond acceptors (Lipinski definition) is 3. The van der Waals surface area contributed by atoms with Crippen molar-refractivity contribution in [3.8, 4) is 11.3 Å². The Hall–Kier alpha value is -3.38. The predicted octanol–water partition coefficient (Wildman–Crippen LogP) is 3.13. The maximum absolute atomic E-state index is 13.3. The van der Waals surface area contributed by atoms with Crippen LogP contribution < -0.4 is 11.2 Å². The maximum Gasteiger partial charge on any atom is 0.331 e. The van der Waals surface area contributed by atoms with Gasteiger partial charge in [0.1, 0.15) is 6.10 Å². The summed E-state index contributed by atoms with van der Waals surface area (Å²) in [5.41, 5.74) is 4.86. The van der Waals surface area contributed by atoms with Gasteiger partial charge in [0.2, 0.25) is 0 Å². The summed E-state index contributed by atoms with van der Waals surface area (Å²) in [7, 11) is 3.25. The van der Waals surface area contributed by atoms with Crippen molar-refractivity contribution in [1.82, 2.24) is 13.7 Å². The maximum atomic E-state index is 13.3. The largest absolute Gasteiger partial charge is 0.365 e. The topological polar surface area (TPSA) is 58.2 Å². The molecule has 0 amide bonds. The molecule has 0 N–H and O–H groups in total. The lowest BCUT2D eigenvalue weighted by atomic mass is 10.0. The van der Waals surface area contributed by atoms with Crippen LogP contribution in [0.15, 0.2) is 64.2 Å². The van der Waals surface area contributed by atoms with Gasteiger partial charge in [0.25, 0.3) is 5.56 Å². The van der Waals surface area contributed by atoms with Gasteiger partial charge < -0.3 is 9.30 Å². The van der Waals surface area contributed by atoms with Crippen LogP contribution in [0.3, 0.4) is 0 Å². The fourth-order valence-electron chi connectivity index (χ4n) is 4.47. The summed E-state index contributed by atoms with van der Waals surface area (Å²) >= 11 is 0. The molecule has 2 aromatic heterocycles. The van der Waals surface area contributed by atoms with E-state index in [0.29, 0.717) is 24.1 Å². The van der Waals surface area contributed by atoms with Gasteiger partial charge in [-0.3, -0.25) is 13.9 Å². The molecule has 3 heterocycles. The van der Waals surface area contributed by atoms with Crippen LogP contribution in [0.25, 0.3) is 22.2 Å². The predicted molar refractivity (Wildman–Crippen MR) is 117 cm³/mol. The molecule has 1 aliphatic rings. The highest BCUT2D eigenvalue weighted by atomic mass is 16.5. The third kappa shape index (κ3) is 2.60. The van der Waals surface area contributed by atoms with Gasteiger partial charge in [-0.2, -0.15) is 0 Å². The van der Waals surface area contributed by atoms with Gasteiger partial charge in [0.15, 0.2) is 0 Å². The van der Waals surface area contributed by atoms with Crippen LogP contribution >= 0.6 is 0 Å². The Morgan fingerprint density at radius 1 is 0.933 bits per heavy atom. The van der Waals surface area contributed by atoms with E-state index in [-0.39, 0.29) is 17.4 Å². The molecular formula is C24H23N3O3. The second-order valence-electron chi connectivity index (χ2n) is 7.84. The van der Waals surface area contributed by atoms with Gasteiger partial charge in [0.05, 0.1) is 28.9 Å². The van der Waals surface area contributed by atoms with E-state index < -0.39 is 0 Å². The molecule has 0 spiro atoms. The minimum atomic E-state index is -0.350. The Balaban J connectivity index is 1.94. The lowest BCUT2D eigenvalue weighted by Gasteiger charge is -2.27. The highest BCUT2D eigenvalue weighted by Crippen LogP contribution is 2.40. The Kier molecular flexibility index (Phi) is 4.25. The summed E-state index contributed by atoms with van der Waals surface area (Å²) in [5, 5.41) is 0.559. The fourth-order valence-corrected chi connectivity index (χ4v) is 4.47. The van der Waals surface area contributed by atoms with Crippen LogP contribution in [0.4, 0.5) is 0 Å². The normalized spacial score (nSPS) is 16.0. The molecule has 6 heteroatoms. The number of nitrogens with zero attached hydrogens (tertiary/aromatic N) is 3. The molecule has 0 fully saturated rings. The first-order chi connectivity index (χ1) is 14.5. The number of aryl methyl sites for hydroxylation is 2. The van der Waals surface area contributed by atoms with Crippen molar-refractivity contribution in [2.24, 2.45) is 14.1 Å². The Morgan fingerprint density at radius 2 is 1.63 bits per heavy atom. The summed E-state index contributed by atoms with van der Waals surface area (Å²) in [6.45, 7) is 3.19. The lowest BCUT2D eigenvalue weighted by Crippen LogP contribution is -2.37. The first-order valence-electron chi connectivity index (χ1n) is 10.0. The van der Waals surface area contributed by atoms with E-state index in [0.717, 1.165) is 22.5 Å². The van der Waals surface area contributed by atoms with E-state index in [2.05, 4.69) is 28.8 Å². The molecule has 0 unspecified atom stereocenters. The average Bonchev–Trinajstić information content (AvgIpc) is 3.13. The van der Waals surface area contributed by atoms with Crippen molar-refractivity contribution < 1.29 is 4.74 Å². The van der Waals surface area contributed by atoms with Crippen LogP contribution in [0.5, 0.6) is 0 Å². The summed E-state index contributed by atoms with van der Waals surface area (Å²) in [5.74, 6) is 0. The standard InChI is InChI=1S/C24H23N3O3/c1-15-9-11-17(12-10-15)22-21-20-18(23(28)26(3)24(29)25(20)2)19(27(21)13-14-30-22)16-7-5-4-6-8-16/h4-12,22H,13-14H2,1-3H3/t22-/m1/s1. The van der Waals surface area contributed by atoms with Crippen molar-refractivity contribution in [2.75, 3.05) is 6.61 Å². The Morgan fingerprint density at radius 3 is 2.33 bits per heavy atom. The molecular weight excluding hydrogens is 378 g/mol. The van der Waals surface area contributed by atoms with E-state index in [1.54, 1.807) is 11.6 Å². The highest BCUT2D eigenvalue weighted by Gasteiger charge is 2.32. The molecule has 0 aliphatic carbocycles. The number of fused-ring (bicyclic) bond motifs is 3. The summed E-state index contributed by atoms with van der Waals surface area (Å²) in [6, 6.07) is 18.1. The molecule has 0 saturated heterocycles. The Bertz CT molecular complexity index is 1380. The number of hydrogen-bond donors (Lipinski definition) is 0. The van der Waals surface area contributed by atoms with Crippen molar-refractivity contribution >= 4 is 10.9 Å². The fraction of sp³-hybridized carbons (Fsp3) is 0.250. The molecule has 4 aromatic rings. The average molecular weight is 401 g/mol. The highest BCUT2D eigenvalue weighted by molar-refractivity contribution is 5.96. The summed E-state index contributed by atoms with van der Waals surface area (Å²) < 4.78 is 11.1. The molecule has 0 bridgehead atoms. The molecule has 5 rings (SSSR count). The third-order valence-electron chi connectivity index (χ3n) is 5.98. The monoisotopic (exact) mass is 401 g/mol. The van der Waals surface area contributed by atoms with Crippen LogP contribution in [-0.4, -0.2) is 20.3 Å². The van der Waals surface area contributed by atoms with E-state index in [4.69, 9.17) is 4.74 Å². The van der Waals surface area contributed by atoms with Crippen molar-refractivity contribution in [3.05, 3.63) is 92.3 Å². The van der Waals surface area contributed by atoms with Crippen molar-refractivity contribution in [3.63, 3.8) is 0 Å². The minimum Gasteiger partial charge on any atom is -0.365 e. The summed E-state index contributed by atoms with van der Waals surface area (Å²) in [6.07, 6.45) is -0.350. The van der Waals surface area contributed by atoms with Gasteiger partial charge >= 0.3 is 5.69 Å². The van der Waals surface area contributed by atoms with Gasteiger partial charge in [-0.1, -0.05) is 60.2 Å². The van der Waals surface area contributed by atoms with Crippen molar-refractivity contribution in [2.45, 2.75) is 19.6 Å². The number of ether oxygens (including phenoxy) is 1. The zero-order valence-corrected chi connectivity index (χ0v) is 17.3. The zero-order chi connectivity index (χ0) is 21.0. The van der Waals surface area contributed by atoms with E-state index in [1.165, 1.54) is 17.2 Å². The molecule has 6 nitrogen and oxygen atoms in total. The molecule has 0 saturated carbocycles. The van der Waals surface area contributed by atoms with E-state index in [1.807, 2.05) is 37.3 Å². The third-order valence-corrected chi connectivity index (χ3v) is 5.98. The lowest BCUT2D eigenvalue weighted by molar-refractivity contribution is 0.0478. The van der Waals surface area contributed by atoms with Gasteiger partial charge in [-0.05, 0) is 18.1 Å². The molecule has 0 radical (unpaired) electrons. The quantitative estimate of drug-likeness (QED) is 0.519. The summed E-state index contributed by atoms with van der Waals surface area (Å²) in [4.78, 5) is 26.1. The van der Waals surface area contributed by atoms with Gasteiger partial charge in [0, 0.05) is 20.6 Å².